The van der Waals surface area contributed by atoms with Gasteiger partial charge in [0.05, 0.1) is 14.7 Å². The van der Waals surface area contributed by atoms with E-state index >= 15 is 0 Å². The second kappa shape index (κ2) is 10.3. The van der Waals surface area contributed by atoms with Gasteiger partial charge < -0.3 is 9.84 Å². The molecule has 2 aromatic carbocycles. The molecular weight excluding hydrogens is 542 g/mol. The predicted octanol–water partition coefficient (Wildman–Crippen LogP) is 3.28. The Kier molecular flexibility index (Phi) is 7.60. The maximum absolute atomic E-state index is 12.8. The Morgan fingerprint density at radius 3 is 2.24 bits per heavy atom. The summed E-state index contributed by atoms with van der Waals surface area (Å²) in [5, 5.41) is 9.67. The highest BCUT2D eigenvalue weighted by atomic mass is 35.5. The average Bonchev–Trinajstić information content (AvgIpc) is 3.23. The number of halogens is 1. The standard InChI is InChI=1S/C20H20ClN3O6S4/c21-15-1-5-19(6-2-15)34(28,29)24-9-11-32(12-10-24)23-33(26,27)18-7-3-16(4-8-18)30-14-17-13-22-20(25)31-17/h1-8,13H,9-12,14H2,(H,22,25). The van der Waals surface area contributed by atoms with Crippen molar-refractivity contribution in [2.45, 2.75) is 16.4 Å². The van der Waals surface area contributed by atoms with Gasteiger partial charge in [0, 0.05) is 35.8 Å². The first-order valence-electron chi connectivity index (χ1n) is 9.91. The van der Waals surface area contributed by atoms with Crippen LogP contribution in [0.5, 0.6) is 10.9 Å². The lowest BCUT2D eigenvalue weighted by atomic mass is 10.3. The Bertz CT molecular complexity index is 1400. The van der Waals surface area contributed by atoms with Crippen LogP contribution >= 0.6 is 22.9 Å². The van der Waals surface area contributed by atoms with E-state index in [0.29, 0.717) is 22.3 Å². The Labute approximate surface area is 209 Å². The average molecular weight is 562 g/mol. The molecule has 0 saturated carbocycles. The van der Waals surface area contributed by atoms with Crippen molar-refractivity contribution in [3.05, 3.63) is 64.6 Å². The molecule has 0 spiro atoms. The summed E-state index contributed by atoms with van der Waals surface area (Å²) in [7, 11) is -8.37. The minimum absolute atomic E-state index is 0.0407. The van der Waals surface area contributed by atoms with Gasteiger partial charge in [-0.1, -0.05) is 33.6 Å². The molecule has 1 aliphatic heterocycles. The summed E-state index contributed by atoms with van der Waals surface area (Å²) in [6.45, 7) is 0.577. The molecule has 182 valence electrons. The third-order valence-electron chi connectivity index (χ3n) is 4.85. The van der Waals surface area contributed by atoms with Crippen LogP contribution in [0, 0.1) is 0 Å². The number of benzene rings is 2. The first-order chi connectivity index (χ1) is 16.1. The number of ether oxygens (including phenoxy) is 1. The van der Waals surface area contributed by atoms with Gasteiger partial charge in [-0.05, 0) is 48.5 Å². The van der Waals surface area contributed by atoms with Gasteiger partial charge in [-0.3, -0.25) is 0 Å². The zero-order chi connectivity index (χ0) is 24.3. The molecule has 9 nitrogen and oxygen atoms in total. The molecule has 3 aromatic rings. The van der Waals surface area contributed by atoms with Gasteiger partial charge in [0.15, 0.2) is 0 Å². The SMILES string of the molecule is O=S(=O)(N=S1CCN(S(=O)(=O)c2ccc(Cl)cc2)CC1)c1ccc(OCc2cnc(O)s2)cc1. The Hall–Kier alpha value is -2.03. The van der Waals surface area contributed by atoms with Crippen LogP contribution in [-0.2, 0) is 37.3 Å². The number of aromatic hydroxyl groups is 1. The molecule has 1 aliphatic rings. The molecule has 34 heavy (non-hydrogen) atoms. The van der Waals surface area contributed by atoms with Crippen molar-refractivity contribution < 1.29 is 26.7 Å². The molecule has 14 heteroatoms. The number of nitrogens with zero attached hydrogens (tertiary/aromatic N) is 3. The second-order valence-corrected chi connectivity index (χ2v) is 14.4. The molecule has 1 aromatic heterocycles. The van der Waals surface area contributed by atoms with Crippen LogP contribution < -0.4 is 4.74 Å². The Morgan fingerprint density at radius 1 is 1.03 bits per heavy atom. The normalized spacial score (nSPS) is 15.8. The van der Waals surface area contributed by atoms with E-state index in [2.05, 4.69) is 8.75 Å². The van der Waals surface area contributed by atoms with Crippen LogP contribution in [0.25, 0.3) is 0 Å². The topological polar surface area (TPSA) is 126 Å². The molecule has 1 fully saturated rings. The third kappa shape index (κ3) is 5.96. The number of hydrogen-bond acceptors (Lipinski definition) is 8. The summed E-state index contributed by atoms with van der Waals surface area (Å²) in [5.41, 5.74) is 0. The summed E-state index contributed by atoms with van der Waals surface area (Å²) in [4.78, 5) is 4.65. The summed E-state index contributed by atoms with van der Waals surface area (Å²) < 4.78 is 62.1. The summed E-state index contributed by atoms with van der Waals surface area (Å²) in [6, 6.07) is 11.9. The summed E-state index contributed by atoms with van der Waals surface area (Å²) in [5.74, 6) is 1.12. The lowest BCUT2D eigenvalue weighted by molar-refractivity contribution is 0.309. The molecule has 0 aliphatic carbocycles. The summed E-state index contributed by atoms with van der Waals surface area (Å²) in [6.07, 6.45) is 1.50. The molecule has 0 atom stereocenters. The van der Waals surface area contributed by atoms with E-state index in [1.54, 1.807) is 0 Å². The van der Waals surface area contributed by atoms with Crippen molar-refractivity contribution in [1.29, 1.82) is 0 Å². The zero-order valence-corrected chi connectivity index (χ0v) is 21.6. The minimum atomic E-state index is -3.89. The van der Waals surface area contributed by atoms with Crippen LogP contribution in [0.4, 0.5) is 0 Å². The fraction of sp³-hybridized carbons (Fsp3) is 0.250. The largest absolute Gasteiger partial charge is 0.488 e. The third-order valence-corrected chi connectivity index (χ3v) is 11.6. The van der Waals surface area contributed by atoms with Crippen LogP contribution in [-0.4, -0.2) is 55.8 Å². The first kappa shape index (κ1) is 25.1. The first-order valence-corrected chi connectivity index (χ1v) is 15.5. The quantitative estimate of drug-likeness (QED) is 0.469. The molecule has 0 unspecified atom stereocenters. The molecule has 4 rings (SSSR count). The molecule has 1 N–H and O–H groups in total. The predicted molar refractivity (Wildman–Crippen MR) is 131 cm³/mol. The maximum Gasteiger partial charge on any atom is 0.287 e. The van der Waals surface area contributed by atoms with E-state index in [0.717, 1.165) is 16.2 Å². The summed E-state index contributed by atoms with van der Waals surface area (Å²) >= 11 is 6.93. The van der Waals surface area contributed by atoms with Gasteiger partial charge in [0.25, 0.3) is 15.2 Å². The fourth-order valence-corrected chi connectivity index (χ4v) is 9.07. The van der Waals surface area contributed by atoms with Crippen molar-refractivity contribution in [3.63, 3.8) is 0 Å². The van der Waals surface area contributed by atoms with Gasteiger partial charge in [0.1, 0.15) is 12.4 Å². The zero-order valence-electron chi connectivity index (χ0n) is 17.6. The van der Waals surface area contributed by atoms with Crippen molar-refractivity contribution in [3.8, 4) is 10.9 Å². The van der Waals surface area contributed by atoms with Gasteiger partial charge in [0.2, 0.25) is 10.0 Å². The molecule has 2 heterocycles. The van der Waals surface area contributed by atoms with E-state index in [4.69, 9.17) is 16.3 Å². The monoisotopic (exact) mass is 561 g/mol. The highest BCUT2D eigenvalue weighted by Crippen LogP contribution is 2.24. The molecule has 0 bridgehead atoms. The number of thiazole rings is 1. The van der Waals surface area contributed by atoms with Crippen LogP contribution in [0.3, 0.4) is 0 Å². The smallest absolute Gasteiger partial charge is 0.287 e. The van der Waals surface area contributed by atoms with E-state index in [9.17, 15) is 21.9 Å². The minimum Gasteiger partial charge on any atom is -0.488 e. The number of hydrogen-bond donors (Lipinski definition) is 1. The van der Waals surface area contributed by atoms with Gasteiger partial charge in [-0.15, -0.1) is 3.77 Å². The van der Waals surface area contributed by atoms with Crippen LogP contribution in [0.2, 0.25) is 5.02 Å². The molecule has 1 saturated heterocycles. The van der Waals surface area contributed by atoms with Crippen LogP contribution in [0.1, 0.15) is 4.88 Å². The molecule has 0 amide bonds. The van der Waals surface area contributed by atoms with E-state index in [-0.39, 0.29) is 34.7 Å². The number of aromatic nitrogens is 1. The van der Waals surface area contributed by atoms with Gasteiger partial charge in [-0.2, -0.15) is 12.7 Å². The van der Waals surface area contributed by atoms with Crippen molar-refractivity contribution in [2.24, 2.45) is 3.77 Å². The van der Waals surface area contributed by atoms with Gasteiger partial charge in [-0.25, -0.2) is 13.4 Å². The highest BCUT2D eigenvalue weighted by molar-refractivity contribution is 8.00. The van der Waals surface area contributed by atoms with Crippen molar-refractivity contribution in [1.82, 2.24) is 9.29 Å². The van der Waals surface area contributed by atoms with Crippen LogP contribution in [0.15, 0.2) is 68.3 Å². The van der Waals surface area contributed by atoms with E-state index in [1.807, 2.05) is 0 Å². The highest BCUT2D eigenvalue weighted by Gasteiger charge is 2.28. The van der Waals surface area contributed by atoms with E-state index in [1.165, 1.54) is 59.0 Å². The Balaban J connectivity index is 1.38. The van der Waals surface area contributed by atoms with Crippen molar-refractivity contribution >= 4 is 53.7 Å². The maximum atomic E-state index is 12.8. The number of rotatable bonds is 7. The van der Waals surface area contributed by atoms with Crippen molar-refractivity contribution in [2.75, 3.05) is 24.6 Å². The Morgan fingerprint density at radius 2 is 1.65 bits per heavy atom. The number of sulfonamides is 2. The van der Waals surface area contributed by atoms with Gasteiger partial charge >= 0.3 is 0 Å². The fourth-order valence-electron chi connectivity index (χ4n) is 3.11. The van der Waals surface area contributed by atoms with E-state index < -0.39 is 30.7 Å². The second-order valence-electron chi connectivity index (χ2n) is 7.15. The molecule has 0 radical (unpaired) electrons. The molecular formula is C20H20ClN3O6S4. The lowest BCUT2D eigenvalue weighted by Crippen LogP contribution is -2.41. The lowest BCUT2D eigenvalue weighted by Gasteiger charge is -2.27.